The summed E-state index contributed by atoms with van der Waals surface area (Å²) < 4.78 is 39.5. The van der Waals surface area contributed by atoms with E-state index in [2.05, 4.69) is 20.7 Å². The molecule has 0 unspecified atom stereocenters. The minimum atomic E-state index is -4.44. The smallest absolute Gasteiger partial charge is 0.335 e. The average molecular weight is 371 g/mol. The highest BCUT2D eigenvalue weighted by Crippen LogP contribution is 2.31. The van der Waals surface area contributed by atoms with Gasteiger partial charge in [0.2, 0.25) is 0 Å². The van der Waals surface area contributed by atoms with Gasteiger partial charge in [-0.05, 0) is 6.07 Å². The second kappa shape index (κ2) is 8.59. The van der Waals surface area contributed by atoms with Gasteiger partial charge in [-0.1, -0.05) is 25.1 Å². The molecule has 3 N–H and O–H groups in total. The van der Waals surface area contributed by atoms with Gasteiger partial charge in [-0.15, -0.1) is 35.0 Å². The summed E-state index contributed by atoms with van der Waals surface area (Å²) in [7, 11) is 0. The van der Waals surface area contributed by atoms with Gasteiger partial charge in [0.05, 0.1) is 11.8 Å². The van der Waals surface area contributed by atoms with Crippen molar-refractivity contribution in [3.05, 3.63) is 41.2 Å². The van der Waals surface area contributed by atoms with E-state index in [4.69, 9.17) is 5.84 Å². The topological polar surface area (TPSA) is 81.1 Å². The number of benzene rings is 1. The molecule has 1 aromatic heterocycles. The maximum Gasteiger partial charge on any atom is 0.417 e. The van der Waals surface area contributed by atoms with Crippen LogP contribution in [0.1, 0.15) is 23.9 Å². The van der Waals surface area contributed by atoms with Crippen molar-refractivity contribution in [1.29, 1.82) is 0 Å². The van der Waals surface area contributed by atoms with Crippen LogP contribution in [0.5, 0.6) is 0 Å². The van der Waals surface area contributed by atoms with Crippen LogP contribution in [-0.2, 0) is 12.6 Å². The third-order valence-electron chi connectivity index (χ3n) is 2.72. The summed E-state index contributed by atoms with van der Waals surface area (Å²) in [5, 5.41) is 11.2. The molecule has 0 amide bonds. The van der Waals surface area contributed by atoms with Crippen LogP contribution in [0, 0.1) is 0 Å². The molecule has 1 aromatic carbocycles. The maximum atomic E-state index is 12.8. The number of anilines is 1. The summed E-state index contributed by atoms with van der Waals surface area (Å²) in [4.78, 5) is 0. The van der Waals surface area contributed by atoms with Crippen molar-refractivity contribution < 1.29 is 13.2 Å². The Morgan fingerprint density at radius 1 is 1.26 bits per heavy atom. The Balaban J connectivity index is 0.00000242. The molecular weight excluding hydrogens is 356 g/mol. The molecule has 0 saturated heterocycles. The van der Waals surface area contributed by atoms with Gasteiger partial charge in [-0.2, -0.15) is 18.3 Å². The van der Waals surface area contributed by atoms with Crippen LogP contribution >= 0.6 is 24.8 Å². The number of aromatic nitrogens is 3. The van der Waals surface area contributed by atoms with E-state index in [9.17, 15) is 13.2 Å². The highest BCUT2D eigenvalue weighted by Gasteiger charge is 2.32. The lowest BCUT2D eigenvalue weighted by Crippen LogP contribution is -2.15. The van der Waals surface area contributed by atoms with Crippen molar-refractivity contribution in [3.8, 4) is 0 Å². The molecule has 2 rings (SSSR count). The number of hydrogen-bond donors (Lipinski definition) is 2. The predicted molar refractivity (Wildman–Crippen MR) is 86.7 cm³/mol. The van der Waals surface area contributed by atoms with Gasteiger partial charge < -0.3 is 5.84 Å². The first-order valence-electron chi connectivity index (χ1n) is 6.08. The van der Waals surface area contributed by atoms with E-state index >= 15 is 0 Å². The first-order valence-corrected chi connectivity index (χ1v) is 6.08. The Labute approximate surface area is 142 Å². The van der Waals surface area contributed by atoms with E-state index in [0.29, 0.717) is 12.2 Å². The molecule has 0 aliphatic rings. The molecule has 0 aliphatic carbocycles. The first-order chi connectivity index (χ1) is 9.93. The Morgan fingerprint density at radius 3 is 2.48 bits per heavy atom. The third-order valence-corrected chi connectivity index (χ3v) is 2.72. The fourth-order valence-corrected chi connectivity index (χ4v) is 1.67. The quantitative estimate of drug-likeness (QED) is 0.492. The minimum Gasteiger partial charge on any atom is -0.335 e. The summed E-state index contributed by atoms with van der Waals surface area (Å²) >= 11 is 0. The zero-order valence-electron chi connectivity index (χ0n) is 11.9. The summed E-state index contributed by atoms with van der Waals surface area (Å²) in [6, 6.07) is 5.12. The van der Waals surface area contributed by atoms with Gasteiger partial charge >= 0.3 is 6.18 Å². The zero-order valence-corrected chi connectivity index (χ0v) is 13.5. The highest BCUT2D eigenvalue weighted by atomic mass is 35.5. The van der Waals surface area contributed by atoms with E-state index in [-0.39, 0.29) is 36.3 Å². The van der Waals surface area contributed by atoms with E-state index in [1.807, 2.05) is 6.92 Å². The van der Waals surface area contributed by atoms with Crippen molar-refractivity contribution in [1.82, 2.24) is 14.9 Å². The fourth-order valence-electron chi connectivity index (χ4n) is 1.67. The number of rotatable bonds is 4. The summed E-state index contributed by atoms with van der Waals surface area (Å²) in [6.07, 6.45) is -2.80. The molecule has 0 fully saturated rings. The predicted octanol–water partition coefficient (Wildman–Crippen LogP) is 2.86. The minimum absolute atomic E-state index is 0. The van der Waals surface area contributed by atoms with Crippen molar-refractivity contribution in [2.75, 3.05) is 11.3 Å². The Kier molecular flexibility index (Phi) is 7.84. The van der Waals surface area contributed by atoms with E-state index in [1.165, 1.54) is 22.9 Å². The molecule has 0 radical (unpaired) electrons. The number of nitrogen functional groups attached to an aromatic ring is 1. The largest absolute Gasteiger partial charge is 0.417 e. The first kappa shape index (κ1) is 21.0. The standard InChI is InChI=1S/C12H13F3N6.2ClH/c1-2-10-18-20-11(21(10)16)19-17-7-8-5-3-4-6-9(8)12(13,14)15;;/h3-7H,2,16H2,1H3,(H,19,20);2*1H/b17-7+;;. The van der Waals surface area contributed by atoms with Gasteiger partial charge in [-0.3, -0.25) is 0 Å². The molecule has 0 saturated carbocycles. The van der Waals surface area contributed by atoms with Crippen LogP contribution in [-0.4, -0.2) is 21.1 Å². The van der Waals surface area contributed by atoms with Gasteiger partial charge in [0.15, 0.2) is 5.82 Å². The van der Waals surface area contributed by atoms with E-state index in [1.54, 1.807) is 0 Å². The number of hydrogen-bond acceptors (Lipinski definition) is 5. The van der Waals surface area contributed by atoms with Crippen molar-refractivity contribution >= 4 is 37.0 Å². The highest BCUT2D eigenvalue weighted by molar-refractivity contribution is 5.85. The summed E-state index contributed by atoms with van der Waals surface area (Å²) in [6.45, 7) is 1.85. The third kappa shape index (κ3) is 5.00. The summed E-state index contributed by atoms with van der Waals surface area (Å²) in [5.74, 6) is 6.34. The number of nitrogens with zero attached hydrogens (tertiary/aromatic N) is 4. The van der Waals surface area contributed by atoms with Gasteiger partial charge in [0.1, 0.15) is 0 Å². The molecule has 23 heavy (non-hydrogen) atoms. The van der Waals surface area contributed by atoms with Crippen molar-refractivity contribution in [3.63, 3.8) is 0 Å². The Morgan fingerprint density at radius 2 is 1.91 bits per heavy atom. The molecule has 0 atom stereocenters. The lowest BCUT2D eigenvalue weighted by atomic mass is 10.1. The molecule has 0 aliphatic heterocycles. The maximum absolute atomic E-state index is 12.8. The Hall–Kier alpha value is -2.00. The molecular formula is C12H15Cl2F3N6. The lowest BCUT2D eigenvalue weighted by Gasteiger charge is -2.09. The monoisotopic (exact) mass is 370 g/mol. The molecule has 11 heteroatoms. The van der Waals surface area contributed by atoms with Crippen molar-refractivity contribution in [2.24, 2.45) is 5.10 Å². The number of aryl methyl sites for hydroxylation is 1. The SMILES string of the molecule is CCc1nnc(N/N=C/c2ccccc2C(F)(F)F)n1N.Cl.Cl. The summed E-state index contributed by atoms with van der Waals surface area (Å²) in [5.41, 5.74) is 1.64. The van der Waals surface area contributed by atoms with Crippen LogP contribution in [0.3, 0.4) is 0 Å². The molecule has 128 valence electrons. The zero-order chi connectivity index (χ0) is 15.5. The molecule has 1 heterocycles. The lowest BCUT2D eigenvalue weighted by molar-refractivity contribution is -0.137. The van der Waals surface area contributed by atoms with E-state index in [0.717, 1.165) is 12.3 Å². The number of nitrogens with two attached hydrogens (primary N) is 1. The van der Waals surface area contributed by atoms with Gasteiger partial charge in [0, 0.05) is 12.0 Å². The fraction of sp³-hybridized carbons (Fsp3) is 0.250. The van der Waals surface area contributed by atoms with Crippen LogP contribution in [0.4, 0.5) is 19.1 Å². The molecule has 6 nitrogen and oxygen atoms in total. The van der Waals surface area contributed by atoms with Crippen LogP contribution in [0.2, 0.25) is 0 Å². The van der Waals surface area contributed by atoms with Gasteiger partial charge in [-0.25, -0.2) is 10.1 Å². The number of halogens is 5. The molecule has 0 spiro atoms. The Bertz CT molecular complexity index is 656. The number of alkyl halides is 3. The van der Waals surface area contributed by atoms with Crippen molar-refractivity contribution in [2.45, 2.75) is 19.5 Å². The van der Waals surface area contributed by atoms with Crippen LogP contribution in [0.15, 0.2) is 29.4 Å². The average Bonchev–Trinajstić information content (AvgIpc) is 2.79. The number of nitrogens with one attached hydrogen (secondary N) is 1. The van der Waals surface area contributed by atoms with E-state index < -0.39 is 11.7 Å². The molecule has 0 bridgehead atoms. The second-order valence-corrected chi connectivity index (χ2v) is 4.12. The van der Waals surface area contributed by atoms with Crippen LogP contribution < -0.4 is 11.3 Å². The normalized spacial score (nSPS) is 11.0. The second-order valence-electron chi connectivity index (χ2n) is 4.12. The van der Waals surface area contributed by atoms with Gasteiger partial charge in [0.25, 0.3) is 5.95 Å². The number of hydrazone groups is 1. The van der Waals surface area contributed by atoms with Crippen LogP contribution in [0.25, 0.3) is 0 Å². The molecule has 2 aromatic rings.